The molecule has 0 aliphatic carbocycles. The summed E-state index contributed by atoms with van der Waals surface area (Å²) >= 11 is 0. The first kappa shape index (κ1) is 11.0. The van der Waals surface area contributed by atoms with Crippen molar-refractivity contribution in [3.05, 3.63) is 0 Å². The van der Waals surface area contributed by atoms with Crippen molar-refractivity contribution >= 4 is 0 Å². The maximum Gasteiger partial charge on any atom is 0.0435 e. The van der Waals surface area contributed by atoms with E-state index in [1.54, 1.807) is 0 Å². The van der Waals surface area contributed by atoms with Crippen molar-refractivity contribution < 1.29 is 0 Å². The molecule has 1 saturated heterocycles. The van der Waals surface area contributed by atoms with Crippen LogP contribution in [0.1, 0.15) is 40.0 Å². The van der Waals surface area contributed by atoms with Crippen LogP contribution < -0.4 is 5.73 Å². The van der Waals surface area contributed by atoms with Gasteiger partial charge in [-0.2, -0.15) is 0 Å². The van der Waals surface area contributed by atoms with Crippen LogP contribution in [0.15, 0.2) is 0 Å². The van der Waals surface area contributed by atoms with E-state index in [9.17, 15) is 0 Å². The van der Waals surface area contributed by atoms with Crippen LogP contribution in [0.2, 0.25) is 0 Å². The van der Waals surface area contributed by atoms with Gasteiger partial charge in [-0.05, 0) is 18.9 Å². The molecule has 0 amide bonds. The predicted octanol–water partition coefficient (Wildman–Crippen LogP) is 1.85. The highest BCUT2D eigenvalue weighted by Gasteiger charge is 2.41. The van der Waals surface area contributed by atoms with Gasteiger partial charge in [0.25, 0.3) is 0 Å². The molecule has 2 nitrogen and oxygen atoms in total. The number of unbranched alkanes of at least 4 members (excludes halogenated alkanes) is 2. The summed E-state index contributed by atoms with van der Waals surface area (Å²) in [6.07, 6.45) is 4.01. The molecular formula is C11H24N2. The average Bonchev–Trinajstić information content (AvgIpc) is 2.01. The van der Waals surface area contributed by atoms with Crippen molar-refractivity contribution in [3.63, 3.8) is 0 Å². The summed E-state index contributed by atoms with van der Waals surface area (Å²) in [6.45, 7) is 10.2. The van der Waals surface area contributed by atoms with E-state index >= 15 is 0 Å². The fourth-order valence-corrected chi connectivity index (χ4v) is 1.89. The van der Waals surface area contributed by atoms with Crippen molar-refractivity contribution in [2.75, 3.05) is 19.6 Å². The third kappa shape index (κ3) is 2.68. The minimum atomic E-state index is 0.117. The molecule has 0 atom stereocenters. The van der Waals surface area contributed by atoms with Crippen LogP contribution in [0.3, 0.4) is 0 Å². The standard InChI is InChI=1S/C11H24N2/c1-4-5-6-7-13-8-11(12,9-13)10(2)3/h10H,4-9,12H2,1-3H3. The van der Waals surface area contributed by atoms with Gasteiger partial charge in [0, 0.05) is 18.6 Å². The predicted molar refractivity (Wildman–Crippen MR) is 57.7 cm³/mol. The van der Waals surface area contributed by atoms with Crippen molar-refractivity contribution in [2.24, 2.45) is 11.7 Å². The monoisotopic (exact) mass is 184 g/mol. The first-order chi connectivity index (χ1) is 6.08. The summed E-state index contributed by atoms with van der Waals surface area (Å²) < 4.78 is 0. The Hall–Kier alpha value is -0.0800. The molecule has 0 aromatic rings. The molecule has 0 aromatic carbocycles. The molecule has 0 radical (unpaired) electrons. The zero-order chi connectivity index (χ0) is 9.90. The van der Waals surface area contributed by atoms with Crippen LogP contribution in [0, 0.1) is 5.92 Å². The van der Waals surface area contributed by atoms with E-state index in [4.69, 9.17) is 5.73 Å². The van der Waals surface area contributed by atoms with Crippen LogP contribution in [0.5, 0.6) is 0 Å². The molecule has 0 bridgehead atoms. The molecule has 0 spiro atoms. The Kier molecular flexibility index (Phi) is 3.74. The van der Waals surface area contributed by atoms with Gasteiger partial charge < -0.3 is 5.73 Å². The lowest BCUT2D eigenvalue weighted by Gasteiger charge is -2.50. The van der Waals surface area contributed by atoms with Crippen LogP contribution >= 0.6 is 0 Å². The van der Waals surface area contributed by atoms with E-state index in [0.717, 1.165) is 13.1 Å². The lowest BCUT2D eigenvalue weighted by Crippen LogP contribution is -2.69. The Morgan fingerprint density at radius 3 is 2.38 bits per heavy atom. The number of hydrogen-bond acceptors (Lipinski definition) is 2. The fourth-order valence-electron chi connectivity index (χ4n) is 1.89. The summed E-state index contributed by atoms with van der Waals surface area (Å²) in [4.78, 5) is 2.48. The van der Waals surface area contributed by atoms with Gasteiger partial charge >= 0.3 is 0 Å². The molecule has 1 fully saturated rings. The Labute approximate surface area is 82.5 Å². The summed E-state index contributed by atoms with van der Waals surface area (Å²) in [7, 11) is 0. The molecule has 1 aliphatic rings. The van der Waals surface area contributed by atoms with Crippen molar-refractivity contribution in [2.45, 2.75) is 45.6 Å². The van der Waals surface area contributed by atoms with Gasteiger partial charge in [-0.25, -0.2) is 0 Å². The highest BCUT2D eigenvalue weighted by Crippen LogP contribution is 2.26. The highest BCUT2D eigenvalue weighted by atomic mass is 15.2. The van der Waals surface area contributed by atoms with E-state index in [-0.39, 0.29) is 5.54 Å². The van der Waals surface area contributed by atoms with E-state index < -0.39 is 0 Å². The number of nitrogens with zero attached hydrogens (tertiary/aromatic N) is 1. The molecule has 2 heteroatoms. The maximum atomic E-state index is 6.20. The lowest BCUT2D eigenvalue weighted by molar-refractivity contribution is 0.0367. The van der Waals surface area contributed by atoms with Crippen molar-refractivity contribution in [3.8, 4) is 0 Å². The van der Waals surface area contributed by atoms with Crippen LogP contribution in [0.25, 0.3) is 0 Å². The summed E-state index contributed by atoms with van der Waals surface area (Å²) in [5.74, 6) is 0.620. The second kappa shape index (κ2) is 4.43. The zero-order valence-electron chi connectivity index (χ0n) is 9.34. The normalized spacial score (nSPS) is 21.9. The largest absolute Gasteiger partial charge is 0.323 e. The van der Waals surface area contributed by atoms with Gasteiger partial charge in [0.15, 0.2) is 0 Å². The van der Waals surface area contributed by atoms with Gasteiger partial charge in [-0.3, -0.25) is 4.90 Å². The molecule has 2 N–H and O–H groups in total. The zero-order valence-corrected chi connectivity index (χ0v) is 9.34. The molecule has 0 unspecified atom stereocenters. The fraction of sp³-hybridized carbons (Fsp3) is 1.00. The smallest absolute Gasteiger partial charge is 0.0435 e. The number of rotatable bonds is 5. The van der Waals surface area contributed by atoms with Crippen molar-refractivity contribution in [1.29, 1.82) is 0 Å². The highest BCUT2D eigenvalue weighted by molar-refractivity contribution is 5.01. The van der Waals surface area contributed by atoms with Gasteiger partial charge in [-0.1, -0.05) is 33.6 Å². The van der Waals surface area contributed by atoms with E-state index in [0.29, 0.717) is 5.92 Å². The molecule has 13 heavy (non-hydrogen) atoms. The Balaban J connectivity index is 2.10. The minimum absolute atomic E-state index is 0.117. The van der Waals surface area contributed by atoms with Gasteiger partial charge in [-0.15, -0.1) is 0 Å². The van der Waals surface area contributed by atoms with E-state index in [1.165, 1.54) is 25.8 Å². The topological polar surface area (TPSA) is 29.3 Å². The Morgan fingerprint density at radius 1 is 1.31 bits per heavy atom. The summed E-state index contributed by atoms with van der Waals surface area (Å²) in [5, 5.41) is 0. The second-order valence-electron chi connectivity index (χ2n) is 4.81. The third-order valence-electron chi connectivity index (χ3n) is 3.26. The van der Waals surface area contributed by atoms with E-state index in [2.05, 4.69) is 25.7 Å². The Bertz CT molecular complexity index is 148. The molecule has 0 aromatic heterocycles. The summed E-state index contributed by atoms with van der Waals surface area (Å²) in [5.41, 5.74) is 6.32. The number of hydrogen-bond donors (Lipinski definition) is 1. The van der Waals surface area contributed by atoms with Gasteiger partial charge in [0.05, 0.1) is 0 Å². The minimum Gasteiger partial charge on any atom is -0.323 e. The van der Waals surface area contributed by atoms with Crippen LogP contribution in [-0.2, 0) is 0 Å². The number of nitrogens with two attached hydrogens (primary N) is 1. The SMILES string of the molecule is CCCCCN1CC(N)(C(C)C)C1. The molecule has 78 valence electrons. The quantitative estimate of drug-likeness (QED) is 0.661. The Morgan fingerprint density at radius 2 is 1.92 bits per heavy atom. The van der Waals surface area contributed by atoms with Crippen molar-refractivity contribution in [1.82, 2.24) is 4.90 Å². The first-order valence-corrected chi connectivity index (χ1v) is 5.59. The summed E-state index contributed by atoms with van der Waals surface area (Å²) in [6, 6.07) is 0. The molecule has 0 saturated carbocycles. The number of likely N-dealkylation sites (tertiary alicyclic amines) is 1. The second-order valence-corrected chi connectivity index (χ2v) is 4.81. The lowest BCUT2D eigenvalue weighted by atomic mass is 9.80. The molecule has 1 heterocycles. The van der Waals surface area contributed by atoms with Crippen LogP contribution in [-0.4, -0.2) is 30.1 Å². The first-order valence-electron chi connectivity index (χ1n) is 5.59. The van der Waals surface area contributed by atoms with Gasteiger partial charge in [0.1, 0.15) is 0 Å². The van der Waals surface area contributed by atoms with E-state index in [1.807, 2.05) is 0 Å². The molecular weight excluding hydrogens is 160 g/mol. The average molecular weight is 184 g/mol. The van der Waals surface area contributed by atoms with Gasteiger partial charge in [0.2, 0.25) is 0 Å². The molecule has 1 aliphatic heterocycles. The van der Waals surface area contributed by atoms with Crippen LogP contribution in [0.4, 0.5) is 0 Å². The maximum absolute atomic E-state index is 6.20. The molecule has 1 rings (SSSR count). The third-order valence-corrected chi connectivity index (χ3v) is 3.26.